The van der Waals surface area contributed by atoms with Crippen molar-refractivity contribution in [1.29, 1.82) is 0 Å². The standard InChI is InChI=1S/C23H27N2O6P/c1-3-15(2)31-32(28,29)14-30-21-9-5-8-20-19(21)13-18(25-20)11-10-16-6-4-7-17(12-16)22(26)23(24)27/h4-9,12-13,15,25H,3,10-11,14H2,1-2H3,(H2,24,27)(H,28,29). The van der Waals surface area contributed by atoms with E-state index < -0.39 is 25.6 Å². The van der Waals surface area contributed by atoms with Crippen molar-refractivity contribution < 1.29 is 28.3 Å². The summed E-state index contributed by atoms with van der Waals surface area (Å²) in [5.41, 5.74) is 8.02. The Balaban J connectivity index is 1.70. The quantitative estimate of drug-likeness (QED) is 0.226. The smallest absolute Gasteiger partial charge is 0.365 e. The van der Waals surface area contributed by atoms with Crippen molar-refractivity contribution in [2.45, 2.75) is 39.2 Å². The summed E-state index contributed by atoms with van der Waals surface area (Å²) in [6, 6.07) is 14.2. The Morgan fingerprint density at radius 2 is 1.91 bits per heavy atom. The van der Waals surface area contributed by atoms with E-state index in [0.717, 1.165) is 22.2 Å². The minimum absolute atomic E-state index is 0.273. The summed E-state index contributed by atoms with van der Waals surface area (Å²) in [4.78, 5) is 36.2. The highest BCUT2D eigenvalue weighted by Gasteiger charge is 2.24. The minimum atomic E-state index is -3.87. The van der Waals surface area contributed by atoms with Crippen molar-refractivity contribution in [2.75, 3.05) is 6.35 Å². The molecule has 0 fully saturated rings. The van der Waals surface area contributed by atoms with Gasteiger partial charge in [0.2, 0.25) is 5.78 Å². The molecule has 1 aromatic heterocycles. The maximum Gasteiger partial charge on any atom is 0.365 e. The topological polar surface area (TPSA) is 132 Å². The van der Waals surface area contributed by atoms with Crippen LogP contribution in [0.15, 0.2) is 48.5 Å². The average Bonchev–Trinajstić information content (AvgIpc) is 3.19. The third kappa shape index (κ3) is 6.07. The number of rotatable bonds is 11. The fourth-order valence-electron chi connectivity index (χ4n) is 3.27. The number of amides is 1. The van der Waals surface area contributed by atoms with Gasteiger partial charge in [-0.3, -0.25) is 14.2 Å². The Kier molecular flexibility index (Phi) is 7.51. The summed E-state index contributed by atoms with van der Waals surface area (Å²) in [6.45, 7) is 3.61. The normalized spacial score (nSPS) is 14.1. The molecule has 0 saturated heterocycles. The first-order valence-corrected chi connectivity index (χ1v) is 12.1. The lowest BCUT2D eigenvalue weighted by Crippen LogP contribution is -2.23. The molecule has 9 heteroatoms. The fraction of sp³-hybridized carbons (Fsp3) is 0.304. The van der Waals surface area contributed by atoms with Crippen LogP contribution < -0.4 is 10.5 Å². The van der Waals surface area contributed by atoms with Gasteiger partial charge < -0.3 is 24.9 Å². The summed E-state index contributed by atoms with van der Waals surface area (Å²) < 4.78 is 23.0. The number of carbonyl (C=O) groups is 2. The summed E-state index contributed by atoms with van der Waals surface area (Å²) >= 11 is 0. The number of aromatic nitrogens is 1. The molecule has 0 aliphatic heterocycles. The lowest BCUT2D eigenvalue weighted by Gasteiger charge is -2.17. The van der Waals surface area contributed by atoms with E-state index in [2.05, 4.69) is 4.98 Å². The largest absolute Gasteiger partial charge is 0.480 e. The van der Waals surface area contributed by atoms with Crippen LogP contribution in [0.5, 0.6) is 5.75 Å². The number of primary amides is 1. The highest BCUT2D eigenvalue weighted by molar-refractivity contribution is 7.52. The number of benzene rings is 2. The van der Waals surface area contributed by atoms with Crippen LogP contribution in [0.25, 0.3) is 10.9 Å². The monoisotopic (exact) mass is 458 g/mol. The SMILES string of the molecule is CCC(C)OP(=O)(O)COc1cccc2[nH]c(CCc3cccc(C(=O)C(N)=O)c3)cc12. The molecule has 0 radical (unpaired) electrons. The van der Waals surface area contributed by atoms with Crippen molar-refractivity contribution in [2.24, 2.45) is 5.73 Å². The zero-order valence-electron chi connectivity index (χ0n) is 18.0. The van der Waals surface area contributed by atoms with Crippen molar-refractivity contribution in [1.82, 2.24) is 4.98 Å². The van der Waals surface area contributed by atoms with Gasteiger partial charge in [-0.25, -0.2) is 0 Å². The molecule has 32 heavy (non-hydrogen) atoms. The number of Topliss-reactive ketones (excluding diaryl/α,β-unsaturated/α-hetero) is 1. The molecule has 0 aliphatic rings. The van der Waals surface area contributed by atoms with E-state index >= 15 is 0 Å². The number of nitrogens with one attached hydrogen (secondary N) is 1. The van der Waals surface area contributed by atoms with Crippen LogP contribution >= 0.6 is 7.60 Å². The minimum Gasteiger partial charge on any atom is -0.480 e. The van der Waals surface area contributed by atoms with Crippen LogP contribution in [0, 0.1) is 0 Å². The van der Waals surface area contributed by atoms with Gasteiger partial charge in [-0.2, -0.15) is 0 Å². The molecule has 3 rings (SSSR count). The first-order chi connectivity index (χ1) is 15.2. The van der Waals surface area contributed by atoms with E-state index in [9.17, 15) is 19.0 Å². The number of carbonyl (C=O) groups excluding carboxylic acids is 2. The molecule has 0 spiro atoms. The number of aromatic amines is 1. The molecule has 1 heterocycles. The van der Waals surface area contributed by atoms with Gasteiger partial charge in [0, 0.05) is 22.2 Å². The number of ketones is 1. The fourth-order valence-corrected chi connectivity index (χ4v) is 4.35. The van der Waals surface area contributed by atoms with E-state index in [-0.39, 0.29) is 11.7 Å². The molecule has 0 bridgehead atoms. The lowest BCUT2D eigenvalue weighted by atomic mass is 10.0. The van der Waals surface area contributed by atoms with Gasteiger partial charge in [0.25, 0.3) is 5.91 Å². The second kappa shape index (κ2) is 10.1. The van der Waals surface area contributed by atoms with Crippen molar-refractivity contribution in [3.63, 3.8) is 0 Å². The molecule has 2 unspecified atom stereocenters. The lowest BCUT2D eigenvalue weighted by molar-refractivity contribution is -0.114. The number of nitrogens with two attached hydrogens (primary N) is 1. The van der Waals surface area contributed by atoms with Gasteiger partial charge in [0.05, 0.1) is 6.10 Å². The third-order valence-electron chi connectivity index (χ3n) is 5.08. The van der Waals surface area contributed by atoms with E-state index in [0.29, 0.717) is 25.0 Å². The second-order valence-corrected chi connectivity index (χ2v) is 9.38. The van der Waals surface area contributed by atoms with E-state index in [1.54, 1.807) is 37.3 Å². The maximum absolute atomic E-state index is 12.2. The molecule has 4 N–H and O–H groups in total. The number of ether oxygens (including phenoxy) is 1. The summed E-state index contributed by atoms with van der Waals surface area (Å²) in [6.07, 6.45) is 1.15. The van der Waals surface area contributed by atoms with Crippen molar-refractivity contribution in [3.05, 3.63) is 65.4 Å². The summed E-state index contributed by atoms with van der Waals surface area (Å²) in [5.74, 6) is -1.20. The first kappa shape index (κ1) is 23.7. The van der Waals surface area contributed by atoms with Crippen LogP contribution in [0.1, 0.15) is 41.9 Å². The Morgan fingerprint density at radius 1 is 1.16 bits per heavy atom. The van der Waals surface area contributed by atoms with Crippen molar-refractivity contribution in [3.8, 4) is 5.75 Å². The second-order valence-electron chi connectivity index (χ2n) is 7.64. The van der Waals surface area contributed by atoms with Gasteiger partial charge in [-0.15, -0.1) is 0 Å². The molecule has 3 aromatic rings. The van der Waals surface area contributed by atoms with Gasteiger partial charge in [0.1, 0.15) is 5.75 Å². The predicted octanol–water partition coefficient (Wildman–Crippen LogP) is 3.96. The molecule has 8 nitrogen and oxygen atoms in total. The zero-order chi connectivity index (χ0) is 23.3. The van der Waals surface area contributed by atoms with Gasteiger partial charge >= 0.3 is 7.60 Å². The average molecular weight is 458 g/mol. The van der Waals surface area contributed by atoms with Crippen LogP contribution in [0.3, 0.4) is 0 Å². The first-order valence-electron chi connectivity index (χ1n) is 10.3. The number of aryl methyl sites for hydroxylation is 2. The zero-order valence-corrected chi connectivity index (χ0v) is 18.9. The molecule has 170 valence electrons. The predicted molar refractivity (Wildman–Crippen MR) is 122 cm³/mol. The van der Waals surface area contributed by atoms with Crippen LogP contribution in [0.4, 0.5) is 0 Å². The number of fused-ring (bicyclic) bond motifs is 1. The summed E-state index contributed by atoms with van der Waals surface area (Å²) in [7, 11) is -3.87. The number of H-pyrrole nitrogens is 1. The van der Waals surface area contributed by atoms with Crippen molar-refractivity contribution >= 4 is 30.2 Å². The molecule has 0 aliphatic carbocycles. The van der Waals surface area contributed by atoms with Gasteiger partial charge in [-0.1, -0.05) is 31.2 Å². The Morgan fingerprint density at radius 3 is 2.62 bits per heavy atom. The maximum atomic E-state index is 12.2. The molecular weight excluding hydrogens is 431 g/mol. The number of hydrogen-bond acceptors (Lipinski definition) is 5. The molecule has 2 aromatic carbocycles. The van der Waals surface area contributed by atoms with E-state index in [4.69, 9.17) is 15.0 Å². The van der Waals surface area contributed by atoms with Gasteiger partial charge in [-0.05, 0) is 56.0 Å². The van der Waals surface area contributed by atoms with Crippen LogP contribution in [-0.2, 0) is 26.7 Å². The van der Waals surface area contributed by atoms with E-state index in [1.807, 2.05) is 25.1 Å². The Labute approximate surface area is 186 Å². The van der Waals surface area contributed by atoms with E-state index in [1.165, 1.54) is 0 Å². The number of hydrogen-bond donors (Lipinski definition) is 3. The molecule has 2 atom stereocenters. The molecule has 1 amide bonds. The molecular formula is C23H27N2O6P. The third-order valence-corrected chi connectivity index (χ3v) is 6.22. The van der Waals surface area contributed by atoms with Gasteiger partial charge in [0.15, 0.2) is 6.35 Å². The van der Waals surface area contributed by atoms with Crippen LogP contribution in [-0.4, -0.2) is 34.0 Å². The molecule has 0 saturated carbocycles. The highest BCUT2D eigenvalue weighted by atomic mass is 31.2. The highest BCUT2D eigenvalue weighted by Crippen LogP contribution is 2.44. The Bertz CT molecular complexity index is 1170. The summed E-state index contributed by atoms with van der Waals surface area (Å²) in [5, 5.41) is 0.795. The van der Waals surface area contributed by atoms with Crippen LogP contribution in [0.2, 0.25) is 0 Å². The Hall–Kier alpha value is -2.93.